The van der Waals surface area contributed by atoms with Gasteiger partial charge in [0.1, 0.15) is 0 Å². The van der Waals surface area contributed by atoms with Crippen LogP contribution in [-0.4, -0.2) is 17.4 Å². The standard InChI is InChI=1S/C15H21N3O.ClH/c16-10-4-2-1-3-8-15(19)18-14-7-5-6-13-12(14)9-11-17-13;/h5-7,9,11,17H,1-4,8,10,16H2,(H,18,19);1H. The Morgan fingerprint density at radius 2 is 1.95 bits per heavy atom. The number of nitrogens with two attached hydrogens (primary N) is 1. The smallest absolute Gasteiger partial charge is 0.224 e. The summed E-state index contributed by atoms with van der Waals surface area (Å²) >= 11 is 0. The number of aromatic amines is 1. The summed E-state index contributed by atoms with van der Waals surface area (Å²) in [5.41, 5.74) is 7.36. The third-order valence-corrected chi connectivity index (χ3v) is 3.23. The van der Waals surface area contributed by atoms with Gasteiger partial charge in [-0.2, -0.15) is 0 Å². The van der Waals surface area contributed by atoms with E-state index in [0.29, 0.717) is 6.42 Å². The first-order chi connectivity index (χ1) is 9.31. The maximum absolute atomic E-state index is 11.9. The number of fused-ring (bicyclic) bond motifs is 1. The summed E-state index contributed by atoms with van der Waals surface area (Å²) in [7, 11) is 0. The first kappa shape index (κ1) is 16.5. The van der Waals surface area contributed by atoms with Crippen molar-refractivity contribution in [3.63, 3.8) is 0 Å². The van der Waals surface area contributed by atoms with Crippen molar-refractivity contribution in [3.8, 4) is 0 Å². The van der Waals surface area contributed by atoms with Crippen LogP contribution in [0.5, 0.6) is 0 Å². The summed E-state index contributed by atoms with van der Waals surface area (Å²) in [5.74, 6) is 0.0847. The predicted molar refractivity (Wildman–Crippen MR) is 86.3 cm³/mol. The van der Waals surface area contributed by atoms with Gasteiger partial charge in [-0.25, -0.2) is 0 Å². The number of hydrogen-bond donors (Lipinski definition) is 3. The van der Waals surface area contributed by atoms with Gasteiger partial charge in [0.2, 0.25) is 5.91 Å². The van der Waals surface area contributed by atoms with Crippen LogP contribution in [0.1, 0.15) is 32.1 Å². The molecule has 2 aromatic rings. The lowest BCUT2D eigenvalue weighted by Crippen LogP contribution is -2.11. The van der Waals surface area contributed by atoms with Crippen LogP contribution < -0.4 is 11.1 Å². The molecule has 20 heavy (non-hydrogen) atoms. The van der Waals surface area contributed by atoms with Crippen LogP contribution in [0.25, 0.3) is 10.9 Å². The van der Waals surface area contributed by atoms with Gasteiger partial charge in [-0.3, -0.25) is 4.79 Å². The number of amides is 1. The van der Waals surface area contributed by atoms with Gasteiger partial charge in [0.15, 0.2) is 0 Å². The lowest BCUT2D eigenvalue weighted by molar-refractivity contribution is -0.116. The van der Waals surface area contributed by atoms with E-state index in [4.69, 9.17) is 5.73 Å². The molecule has 0 fully saturated rings. The highest BCUT2D eigenvalue weighted by atomic mass is 35.5. The second-order valence-corrected chi connectivity index (χ2v) is 4.75. The van der Waals surface area contributed by atoms with E-state index in [2.05, 4.69) is 10.3 Å². The van der Waals surface area contributed by atoms with Crippen LogP contribution >= 0.6 is 12.4 Å². The van der Waals surface area contributed by atoms with Crippen molar-refractivity contribution < 1.29 is 4.79 Å². The van der Waals surface area contributed by atoms with Crippen LogP contribution in [0, 0.1) is 0 Å². The molecule has 5 heteroatoms. The van der Waals surface area contributed by atoms with Gasteiger partial charge >= 0.3 is 0 Å². The second kappa shape index (κ2) is 8.61. The number of benzene rings is 1. The SMILES string of the molecule is Cl.NCCCCCCC(=O)Nc1cccc2[nH]ccc12. The van der Waals surface area contributed by atoms with Crippen molar-refractivity contribution in [3.05, 3.63) is 30.5 Å². The minimum absolute atomic E-state index is 0. The van der Waals surface area contributed by atoms with Crippen LogP contribution in [-0.2, 0) is 4.79 Å². The van der Waals surface area contributed by atoms with Gasteiger partial charge in [0, 0.05) is 23.5 Å². The fourth-order valence-electron chi connectivity index (χ4n) is 2.19. The van der Waals surface area contributed by atoms with Crippen molar-refractivity contribution >= 4 is 34.9 Å². The summed E-state index contributed by atoms with van der Waals surface area (Å²) < 4.78 is 0. The number of halogens is 1. The highest BCUT2D eigenvalue weighted by molar-refractivity contribution is 6.01. The van der Waals surface area contributed by atoms with Crippen molar-refractivity contribution in [2.24, 2.45) is 5.73 Å². The number of rotatable bonds is 7. The Morgan fingerprint density at radius 1 is 1.15 bits per heavy atom. The molecule has 1 aromatic heterocycles. The Bertz CT molecular complexity index is 539. The number of anilines is 1. The lowest BCUT2D eigenvalue weighted by atomic mass is 10.1. The molecule has 0 saturated heterocycles. The minimum Gasteiger partial charge on any atom is -0.361 e. The molecule has 4 N–H and O–H groups in total. The number of aromatic nitrogens is 1. The van der Waals surface area contributed by atoms with Gasteiger partial charge in [-0.1, -0.05) is 18.9 Å². The maximum Gasteiger partial charge on any atom is 0.224 e. The zero-order chi connectivity index (χ0) is 13.5. The number of nitrogens with one attached hydrogen (secondary N) is 2. The quantitative estimate of drug-likeness (QED) is 0.685. The van der Waals surface area contributed by atoms with E-state index in [1.165, 1.54) is 0 Å². The van der Waals surface area contributed by atoms with E-state index >= 15 is 0 Å². The molecule has 4 nitrogen and oxygen atoms in total. The van der Waals surface area contributed by atoms with E-state index in [1.54, 1.807) is 0 Å². The van der Waals surface area contributed by atoms with Gasteiger partial charge in [0.05, 0.1) is 5.69 Å². The van der Waals surface area contributed by atoms with Crippen molar-refractivity contribution in [1.82, 2.24) is 4.98 Å². The van der Waals surface area contributed by atoms with E-state index in [-0.39, 0.29) is 18.3 Å². The van der Waals surface area contributed by atoms with Crippen molar-refractivity contribution in [2.45, 2.75) is 32.1 Å². The summed E-state index contributed by atoms with van der Waals surface area (Å²) in [6.07, 6.45) is 6.61. The molecule has 0 unspecified atom stereocenters. The van der Waals surface area contributed by atoms with Gasteiger partial charge in [-0.05, 0) is 37.6 Å². The Hall–Kier alpha value is -1.52. The third-order valence-electron chi connectivity index (χ3n) is 3.23. The topological polar surface area (TPSA) is 70.9 Å². The molecule has 1 aromatic carbocycles. The average Bonchev–Trinajstić information content (AvgIpc) is 2.88. The Balaban J connectivity index is 0.00000200. The zero-order valence-corrected chi connectivity index (χ0v) is 12.3. The Morgan fingerprint density at radius 3 is 2.75 bits per heavy atom. The molecular weight excluding hydrogens is 274 g/mol. The normalized spacial score (nSPS) is 10.2. The molecule has 0 bridgehead atoms. The fraction of sp³-hybridized carbons (Fsp3) is 0.400. The highest BCUT2D eigenvalue weighted by Crippen LogP contribution is 2.22. The molecule has 0 aliphatic carbocycles. The number of carbonyl (C=O) groups excluding carboxylic acids is 1. The van der Waals surface area contributed by atoms with Crippen molar-refractivity contribution in [2.75, 3.05) is 11.9 Å². The molecule has 2 rings (SSSR count). The van der Waals surface area contributed by atoms with E-state index in [1.807, 2.05) is 30.5 Å². The molecule has 0 spiro atoms. The lowest BCUT2D eigenvalue weighted by Gasteiger charge is -2.06. The Kier molecular flexibility index (Phi) is 7.12. The molecule has 1 amide bonds. The minimum atomic E-state index is 0. The molecular formula is C15H22ClN3O. The molecule has 0 atom stereocenters. The van der Waals surface area contributed by atoms with E-state index < -0.39 is 0 Å². The highest BCUT2D eigenvalue weighted by Gasteiger charge is 2.05. The first-order valence-corrected chi connectivity index (χ1v) is 6.87. The molecule has 0 radical (unpaired) electrons. The maximum atomic E-state index is 11.9. The van der Waals surface area contributed by atoms with Gasteiger partial charge < -0.3 is 16.0 Å². The summed E-state index contributed by atoms with van der Waals surface area (Å²) in [4.78, 5) is 15.0. The fourth-order valence-corrected chi connectivity index (χ4v) is 2.19. The Labute approximate surface area is 125 Å². The van der Waals surface area contributed by atoms with E-state index in [0.717, 1.165) is 48.8 Å². The summed E-state index contributed by atoms with van der Waals surface area (Å²) in [6, 6.07) is 7.85. The number of H-pyrrole nitrogens is 1. The first-order valence-electron chi connectivity index (χ1n) is 6.87. The average molecular weight is 296 g/mol. The number of carbonyl (C=O) groups is 1. The van der Waals surface area contributed by atoms with Crippen molar-refractivity contribution in [1.29, 1.82) is 0 Å². The van der Waals surface area contributed by atoms with Gasteiger partial charge in [-0.15, -0.1) is 12.4 Å². The second-order valence-electron chi connectivity index (χ2n) is 4.75. The molecule has 1 heterocycles. The van der Waals surface area contributed by atoms with Gasteiger partial charge in [0.25, 0.3) is 0 Å². The van der Waals surface area contributed by atoms with Crippen LogP contribution in [0.3, 0.4) is 0 Å². The number of hydrogen-bond acceptors (Lipinski definition) is 2. The van der Waals surface area contributed by atoms with E-state index in [9.17, 15) is 4.79 Å². The number of unbranched alkanes of at least 4 members (excludes halogenated alkanes) is 3. The molecule has 0 saturated carbocycles. The zero-order valence-electron chi connectivity index (χ0n) is 11.5. The summed E-state index contributed by atoms with van der Waals surface area (Å²) in [6.45, 7) is 0.738. The van der Waals surface area contributed by atoms with Crippen LogP contribution in [0.4, 0.5) is 5.69 Å². The van der Waals surface area contributed by atoms with Crippen LogP contribution in [0.2, 0.25) is 0 Å². The largest absolute Gasteiger partial charge is 0.361 e. The monoisotopic (exact) mass is 295 g/mol. The molecule has 0 aliphatic rings. The molecule has 110 valence electrons. The summed E-state index contributed by atoms with van der Waals surface area (Å²) in [5, 5.41) is 4.03. The van der Waals surface area contributed by atoms with Crippen LogP contribution in [0.15, 0.2) is 30.5 Å². The molecule has 0 aliphatic heterocycles. The predicted octanol–water partition coefficient (Wildman–Crippen LogP) is 3.44. The third kappa shape index (κ3) is 4.54.